The SMILES string of the molecule is Bc1c(O)c(O)c(-c2nc(C)cc(-c3cccc(-c4cccc5ccccc45)c3)n2)c(O)c1O. The average molecular weight is 448 g/mol. The van der Waals surface area contributed by atoms with Crippen LogP contribution in [0.15, 0.2) is 72.8 Å². The smallest absolute Gasteiger partial charge is 0.172 e. The maximum Gasteiger partial charge on any atom is 0.172 e. The van der Waals surface area contributed by atoms with Gasteiger partial charge in [0.1, 0.15) is 13.4 Å². The lowest BCUT2D eigenvalue weighted by atomic mass is 9.90. The van der Waals surface area contributed by atoms with E-state index in [2.05, 4.69) is 34.2 Å². The van der Waals surface area contributed by atoms with Gasteiger partial charge in [0.05, 0.1) is 5.69 Å². The molecule has 166 valence electrons. The molecule has 0 aliphatic carbocycles. The normalized spacial score (nSPS) is 11.1. The molecule has 4 aromatic carbocycles. The van der Waals surface area contributed by atoms with E-state index in [0.717, 1.165) is 27.5 Å². The molecule has 0 aliphatic heterocycles. The third-order valence-corrected chi connectivity index (χ3v) is 5.97. The van der Waals surface area contributed by atoms with Gasteiger partial charge in [0.2, 0.25) is 0 Å². The fourth-order valence-corrected chi connectivity index (χ4v) is 4.18. The Balaban J connectivity index is 1.67. The van der Waals surface area contributed by atoms with Crippen molar-refractivity contribution in [2.24, 2.45) is 0 Å². The second-order valence-corrected chi connectivity index (χ2v) is 8.22. The maximum atomic E-state index is 10.5. The van der Waals surface area contributed by atoms with E-state index in [1.54, 1.807) is 13.0 Å². The van der Waals surface area contributed by atoms with Crippen LogP contribution >= 0.6 is 0 Å². The van der Waals surface area contributed by atoms with Gasteiger partial charge in [-0.15, -0.1) is 0 Å². The highest BCUT2D eigenvalue weighted by atomic mass is 16.3. The van der Waals surface area contributed by atoms with Crippen LogP contribution in [-0.2, 0) is 0 Å². The van der Waals surface area contributed by atoms with Gasteiger partial charge in [0.15, 0.2) is 28.8 Å². The largest absolute Gasteiger partial charge is 0.505 e. The molecule has 4 N–H and O–H groups in total. The molecule has 0 atom stereocenters. The number of phenols is 4. The van der Waals surface area contributed by atoms with Gasteiger partial charge in [-0.25, -0.2) is 9.97 Å². The van der Waals surface area contributed by atoms with Gasteiger partial charge < -0.3 is 20.4 Å². The fraction of sp³-hybridized carbons (Fsp3) is 0.0370. The van der Waals surface area contributed by atoms with E-state index >= 15 is 0 Å². The van der Waals surface area contributed by atoms with E-state index in [1.165, 1.54) is 7.85 Å². The van der Waals surface area contributed by atoms with E-state index in [9.17, 15) is 20.4 Å². The molecular formula is C27H21BN2O4. The van der Waals surface area contributed by atoms with Crippen LogP contribution in [0.25, 0.3) is 44.5 Å². The van der Waals surface area contributed by atoms with Gasteiger partial charge in [-0.3, -0.25) is 0 Å². The number of fused-ring (bicyclic) bond motifs is 1. The van der Waals surface area contributed by atoms with Gasteiger partial charge in [-0.05, 0) is 41.0 Å². The second-order valence-electron chi connectivity index (χ2n) is 8.22. The molecule has 0 saturated carbocycles. The van der Waals surface area contributed by atoms with Gasteiger partial charge in [-0.2, -0.15) is 0 Å². The molecule has 34 heavy (non-hydrogen) atoms. The molecular weight excluding hydrogens is 427 g/mol. The highest BCUT2D eigenvalue weighted by Gasteiger charge is 2.24. The number of rotatable bonds is 3. The molecule has 0 aliphatic rings. The number of nitrogens with zero attached hydrogens (tertiary/aromatic N) is 2. The highest BCUT2D eigenvalue weighted by molar-refractivity contribution is 6.37. The Morgan fingerprint density at radius 1 is 0.676 bits per heavy atom. The van der Waals surface area contributed by atoms with Crippen molar-refractivity contribution >= 4 is 24.1 Å². The minimum absolute atomic E-state index is 0.00818. The Morgan fingerprint density at radius 3 is 2.09 bits per heavy atom. The Labute approximate surface area is 196 Å². The zero-order valence-electron chi connectivity index (χ0n) is 18.6. The zero-order chi connectivity index (χ0) is 24.0. The summed E-state index contributed by atoms with van der Waals surface area (Å²) in [5, 5.41) is 43.6. The summed E-state index contributed by atoms with van der Waals surface area (Å²) in [7, 11) is 1.38. The first-order valence-electron chi connectivity index (χ1n) is 10.8. The molecule has 5 aromatic rings. The summed E-state index contributed by atoms with van der Waals surface area (Å²) in [6.45, 7) is 1.77. The van der Waals surface area contributed by atoms with Crippen molar-refractivity contribution in [1.82, 2.24) is 9.97 Å². The van der Waals surface area contributed by atoms with E-state index in [1.807, 2.05) is 42.5 Å². The van der Waals surface area contributed by atoms with Crippen LogP contribution in [0, 0.1) is 6.92 Å². The first-order valence-corrected chi connectivity index (χ1v) is 10.8. The summed E-state index contributed by atoms with van der Waals surface area (Å²) in [5.74, 6) is -2.25. The third kappa shape index (κ3) is 3.48. The lowest BCUT2D eigenvalue weighted by Crippen LogP contribution is -2.06. The van der Waals surface area contributed by atoms with Crippen molar-refractivity contribution in [2.45, 2.75) is 6.92 Å². The number of aryl methyl sites for hydroxylation is 1. The van der Waals surface area contributed by atoms with Crippen molar-refractivity contribution < 1.29 is 20.4 Å². The number of phenolic OH excluding ortho intramolecular Hbond substituents is 4. The van der Waals surface area contributed by atoms with Crippen LogP contribution in [0.2, 0.25) is 0 Å². The molecule has 0 unspecified atom stereocenters. The van der Waals surface area contributed by atoms with Crippen LogP contribution < -0.4 is 5.46 Å². The number of aromatic nitrogens is 2. The summed E-state index contributed by atoms with van der Waals surface area (Å²) < 4.78 is 0. The quantitative estimate of drug-likeness (QED) is 0.189. The molecule has 6 nitrogen and oxygen atoms in total. The predicted octanol–water partition coefficient (Wildman–Crippen LogP) is 4.02. The topological polar surface area (TPSA) is 107 Å². The average Bonchev–Trinajstić information content (AvgIpc) is 2.86. The molecule has 0 amide bonds. The minimum Gasteiger partial charge on any atom is -0.505 e. The van der Waals surface area contributed by atoms with Crippen LogP contribution in [0.5, 0.6) is 23.0 Å². The molecule has 7 heteroatoms. The van der Waals surface area contributed by atoms with E-state index in [-0.39, 0.29) is 16.9 Å². The molecule has 0 saturated heterocycles. The van der Waals surface area contributed by atoms with Crippen LogP contribution in [0.3, 0.4) is 0 Å². The first-order chi connectivity index (χ1) is 16.3. The summed E-state index contributed by atoms with van der Waals surface area (Å²) in [6, 6.07) is 24.1. The lowest BCUT2D eigenvalue weighted by Gasteiger charge is -2.14. The Morgan fingerprint density at radius 2 is 1.32 bits per heavy atom. The molecule has 0 bridgehead atoms. The lowest BCUT2D eigenvalue weighted by molar-refractivity contribution is 0.380. The highest BCUT2D eigenvalue weighted by Crippen LogP contribution is 2.45. The van der Waals surface area contributed by atoms with Crippen LogP contribution in [0.1, 0.15) is 5.69 Å². The summed E-state index contributed by atoms with van der Waals surface area (Å²) >= 11 is 0. The third-order valence-electron chi connectivity index (χ3n) is 5.97. The Hall–Kier alpha value is -4.52. The van der Waals surface area contributed by atoms with E-state index in [4.69, 9.17) is 0 Å². The summed E-state index contributed by atoms with van der Waals surface area (Å²) in [4.78, 5) is 8.88. The van der Waals surface area contributed by atoms with Crippen molar-refractivity contribution in [3.63, 3.8) is 0 Å². The first kappa shape index (κ1) is 21.3. The number of hydrogen-bond acceptors (Lipinski definition) is 6. The minimum atomic E-state index is -0.589. The fourth-order valence-electron chi connectivity index (χ4n) is 4.18. The van der Waals surface area contributed by atoms with Crippen molar-refractivity contribution in [2.75, 3.05) is 0 Å². The predicted molar refractivity (Wildman–Crippen MR) is 135 cm³/mol. The number of benzene rings is 4. The molecule has 0 spiro atoms. The van der Waals surface area contributed by atoms with Gasteiger partial charge in [0, 0.05) is 16.7 Å². The number of aromatic hydroxyl groups is 4. The molecule has 0 fully saturated rings. The molecule has 1 aromatic heterocycles. The second kappa shape index (κ2) is 8.12. The van der Waals surface area contributed by atoms with Crippen molar-refractivity contribution in [3.05, 3.63) is 78.5 Å². The van der Waals surface area contributed by atoms with Gasteiger partial charge >= 0.3 is 0 Å². The van der Waals surface area contributed by atoms with Gasteiger partial charge in [-0.1, -0.05) is 60.7 Å². The van der Waals surface area contributed by atoms with Crippen LogP contribution in [0.4, 0.5) is 0 Å². The van der Waals surface area contributed by atoms with Gasteiger partial charge in [0.25, 0.3) is 0 Å². The Bertz CT molecular complexity index is 1550. The number of hydrogen-bond donors (Lipinski definition) is 4. The molecule has 0 radical (unpaired) electrons. The van der Waals surface area contributed by atoms with E-state index in [0.29, 0.717) is 11.4 Å². The van der Waals surface area contributed by atoms with Crippen molar-refractivity contribution in [3.8, 4) is 56.8 Å². The zero-order valence-corrected chi connectivity index (χ0v) is 18.6. The summed E-state index contributed by atoms with van der Waals surface area (Å²) in [5.41, 5.74) is 3.83. The standard InChI is InChI=1S/C27H21BN2O4/c1-14-12-20(30-27(29-14)21-23(31)25(33)22(28)26(34)24(21)32)17-9-4-8-16(13-17)19-11-5-7-15-6-2-3-10-18(15)19/h2-13,31-34H,28H2,1H3. The maximum absolute atomic E-state index is 10.5. The Kier molecular flexibility index (Phi) is 5.09. The molecule has 1 heterocycles. The summed E-state index contributed by atoms with van der Waals surface area (Å²) in [6.07, 6.45) is 0. The van der Waals surface area contributed by atoms with E-state index < -0.39 is 23.0 Å². The molecule has 5 rings (SSSR count). The van der Waals surface area contributed by atoms with Crippen molar-refractivity contribution in [1.29, 1.82) is 0 Å². The monoisotopic (exact) mass is 448 g/mol. The van der Waals surface area contributed by atoms with Crippen LogP contribution in [-0.4, -0.2) is 38.2 Å².